The zero-order chi connectivity index (χ0) is 16.5. The molecule has 22 heavy (non-hydrogen) atoms. The number of ether oxygens (including phenoxy) is 2. The summed E-state index contributed by atoms with van der Waals surface area (Å²) >= 11 is 5.76. The van der Waals surface area contributed by atoms with Crippen molar-refractivity contribution in [2.75, 3.05) is 33.4 Å². The molecule has 0 saturated heterocycles. The molecular weight excluding hydrogens is 310 g/mol. The number of hydrogen-bond donors (Lipinski definition) is 1. The first-order chi connectivity index (χ1) is 10.5. The molecule has 122 valence electrons. The van der Waals surface area contributed by atoms with Gasteiger partial charge in [-0.15, -0.1) is 0 Å². The number of methoxy groups -OCH3 is 1. The highest BCUT2D eigenvalue weighted by molar-refractivity contribution is 6.30. The van der Waals surface area contributed by atoms with Gasteiger partial charge in [0.1, 0.15) is 5.75 Å². The molecular formula is C15H20ClNO5. The maximum atomic E-state index is 12.1. The van der Waals surface area contributed by atoms with Crippen LogP contribution in [0.3, 0.4) is 0 Å². The first kappa shape index (κ1) is 18.3. The van der Waals surface area contributed by atoms with Crippen molar-refractivity contribution >= 4 is 23.5 Å². The molecule has 0 bridgehead atoms. The van der Waals surface area contributed by atoms with Crippen LogP contribution in [0.15, 0.2) is 24.3 Å². The molecule has 0 aliphatic rings. The molecule has 1 rings (SSSR count). The lowest BCUT2D eigenvalue weighted by Crippen LogP contribution is -2.41. The van der Waals surface area contributed by atoms with Gasteiger partial charge in [-0.2, -0.15) is 0 Å². The molecule has 0 saturated carbocycles. The Morgan fingerprint density at radius 2 is 1.95 bits per heavy atom. The maximum absolute atomic E-state index is 12.1. The van der Waals surface area contributed by atoms with E-state index in [1.54, 1.807) is 31.2 Å². The van der Waals surface area contributed by atoms with Crippen molar-refractivity contribution in [1.82, 2.24) is 4.90 Å². The predicted octanol–water partition coefficient (Wildman–Crippen LogP) is 1.35. The third-order valence-corrected chi connectivity index (χ3v) is 3.25. The van der Waals surface area contributed by atoms with Gasteiger partial charge in [-0.1, -0.05) is 18.5 Å². The summed E-state index contributed by atoms with van der Waals surface area (Å²) in [6, 6.07) is 6.63. The molecule has 1 atom stereocenters. The SMILES string of the molecule is COC(=O)C(C)CN(CCO)C(=O)COc1ccc(Cl)cc1. The van der Waals surface area contributed by atoms with Crippen molar-refractivity contribution in [3.8, 4) is 5.75 Å². The zero-order valence-corrected chi connectivity index (χ0v) is 13.4. The van der Waals surface area contributed by atoms with Gasteiger partial charge in [0, 0.05) is 18.1 Å². The maximum Gasteiger partial charge on any atom is 0.310 e. The highest BCUT2D eigenvalue weighted by Crippen LogP contribution is 2.15. The number of nitrogens with zero attached hydrogens (tertiary/aromatic N) is 1. The number of amides is 1. The van der Waals surface area contributed by atoms with E-state index in [1.165, 1.54) is 12.0 Å². The van der Waals surface area contributed by atoms with Crippen LogP contribution < -0.4 is 4.74 Å². The fourth-order valence-electron chi connectivity index (χ4n) is 1.81. The number of halogens is 1. The number of aliphatic hydroxyl groups excluding tert-OH is 1. The number of benzene rings is 1. The van der Waals surface area contributed by atoms with Gasteiger partial charge < -0.3 is 19.5 Å². The van der Waals surface area contributed by atoms with Crippen molar-refractivity contribution < 1.29 is 24.2 Å². The second-order valence-electron chi connectivity index (χ2n) is 4.73. The van der Waals surface area contributed by atoms with E-state index in [1.807, 2.05) is 0 Å². The lowest BCUT2D eigenvalue weighted by Gasteiger charge is -2.24. The van der Waals surface area contributed by atoms with Crippen molar-refractivity contribution in [2.24, 2.45) is 5.92 Å². The average molecular weight is 330 g/mol. The van der Waals surface area contributed by atoms with E-state index < -0.39 is 11.9 Å². The van der Waals surface area contributed by atoms with Crippen LogP contribution in [-0.2, 0) is 14.3 Å². The Bertz CT molecular complexity index is 491. The van der Waals surface area contributed by atoms with Crippen LogP contribution >= 0.6 is 11.6 Å². The number of esters is 1. The van der Waals surface area contributed by atoms with Crippen molar-refractivity contribution in [3.05, 3.63) is 29.3 Å². The molecule has 0 fully saturated rings. The third kappa shape index (κ3) is 5.91. The van der Waals surface area contributed by atoms with Gasteiger partial charge in [-0.05, 0) is 24.3 Å². The largest absolute Gasteiger partial charge is 0.484 e. The van der Waals surface area contributed by atoms with Crippen LogP contribution in [0.2, 0.25) is 5.02 Å². The van der Waals surface area contributed by atoms with Crippen molar-refractivity contribution in [1.29, 1.82) is 0 Å². The Morgan fingerprint density at radius 3 is 2.50 bits per heavy atom. The lowest BCUT2D eigenvalue weighted by molar-refractivity contribution is -0.146. The minimum Gasteiger partial charge on any atom is -0.484 e. The summed E-state index contributed by atoms with van der Waals surface area (Å²) in [7, 11) is 1.29. The van der Waals surface area contributed by atoms with Crippen LogP contribution in [0.25, 0.3) is 0 Å². The Balaban J connectivity index is 2.57. The summed E-state index contributed by atoms with van der Waals surface area (Å²) < 4.78 is 10.00. The smallest absolute Gasteiger partial charge is 0.310 e. The summed E-state index contributed by atoms with van der Waals surface area (Å²) in [6.07, 6.45) is 0. The van der Waals surface area contributed by atoms with E-state index in [9.17, 15) is 9.59 Å². The Kier molecular flexibility index (Phi) is 7.70. The van der Waals surface area contributed by atoms with E-state index >= 15 is 0 Å². The molecule has 6 nitrogen and oxygen atoms in total. The van der Waals surface area contributed by atoms with E-state index in [2.05, 4.69) is 4.74 Å². The molecule has 0 heterocycles. The highest BCUT2D eigenvalue weighted by atomic mass is 35.5. The molecule has 0 aliphatic carbocycles. The average Bonchev–Trinajstić information content (AvgIpc) is 2.52. The quantitative estimate of drug-likeness (QED) is 0.729. The van der Waals surface area contributed by atoms with Gasteiger partial charge in [0.2, 0.25) is 0 Å². The summed E-state index contributed by atoms with van der Waals surface area (Å²) in [5, 5.41) is 9.62. The minimum absolute atomic E-state index is 0.129. The molecule has 1 unspecified atom stereocenters. The minimum atomic E-state index is -0.476. The summed E-state index contributed by atoms with van der Waals surface area (Å²) in [5.74, 6) is -0.687. The fraction of sp³-hybridized carbons (Fsp3) is 0.467. The number of carbonyl (C=O) groups excluding carboxylic acids is 2. The zero-order valence-electron chi connectivity index (χ0n) is 12.6. The molecule has 0 radical (unpaired) electrons. The molecule has 0 aromatic heterocycles. The van der Waals surface area contributed by atoms with Gasteiger partial charge in [0.15, 0.2) is 6.61 Å². The Labute approximate surface area is 134 Å². The Morgan fingerprint density at radius 1 is 1.32 bits per heavy atom. The topological polar surface area (TPSA) is 76.1 Å². The highest BCUT2D eigenvalue weighted by Gasteiger charge is 2.21. The van der Waals surface area contributed by atoms with Crippen molar-refractivity contribution in [2.45, 2.75) is 6.92 Å². The molecule has 0 aliphatic heterocycles. The van der Waals surface area contributed by atoms with Gasteiger partial charge >= 0.3 is 5.97 Å². The fourth-order valence-corrected chi connectivity index (χ4v) is 1.94. The number of hydrogen-bond acceptors (Lipinski definition) is 5. The number of carbonyl (C=O) groups is 2. The van der Waals surface area contributed by atoms with Crippen LogP contribution in [0.4, 0.5) is 0 Å². The van der Waals surface area contributed by atoms with E-state index in [4.69, 9.17) is 21.4 Å². The van der Waals surface area contributed by atoms with Gasteiger partial charge in [-0.3, -0.25) is 9.59 Å². The van der Waals surface area contributed by atoms with Crippen molar-refractivity contribution in [3.63, 3.8) is 0 Å². The molecule has 1 N–H and O–H groups in total. The molecule has 7 heteroatoms. The monoisotopic (exact) mass is 329 g/mol. The van der Waals surface area contributed by atoms with E-state index in [0.29, 0.717) is 10.8 Å². The first-order valence-electron chi connectivity index (χ1n) is 6.82. The Hall–Kier alpha value is -1.79. The number of rotatable bonds is 8. The molecule has 1 amide bonds. The molecule has 0 spiro atoms. The van der Waals surface area contributed by atoms with Crippen LogP contribution in [0, 0.1) is 5.92 Å². The third-order valence-electron chi connectivity index (χ3n) is 3.00. The molecule has 1 aromatic rings. The van der Waals surface area contributed by atoms with Gasteiger partial charge in [0.25, 0.3) is 5.91 Å². The van der Waals surface area contributed by atoms with Gasteiger partial charge in [0.05, 0.1) is 19.6 Å². The van der Waals surface area contributed by atoms with Crippen LogP contribution in [0.5, 0.6) is 5.75 Å². The van der Waals surface area contributed by atoms with Crippen LogP contribution in [0.1, 0.15) is 6.92 Å². The van der Waals surface area contributed by atoms with E-state index in [0.717, 1.165) is 0 Å². The van der Waals surface area contributed by atoms with Crippen LogP contribution in [-0.4, -0.2) is 55.3 Å². The second-order valence-corrected chi connectivity index (χ2v) is 5.17. The summed E-state index contributed by atoms with van der Waals surface area (Å²) in [6.45, 7) is 1.57. The lowest BCUT2D eigenvalue weighted by atomic mass is 10.1. The summed E-state index contributed by atoms with van der Waals surface area (Å²) in [5.41, 5.74) is 0. The predicted molar refractivity (Wildman–Crippen MR) is 81.8 cm³/mol. The normalized spacial score (nSPS) is 11.6. The molecule has 1 aromatic carbocycles. The summed E-state index contributed by atoms with van der Waals surface area (Å²) in [4.78, 5) is 24.9. The van der Waals surface area contributed by atoms with Gasteiger partial charge in [-0.25, -0.2) is 0 Å². The van der Waals surface area contributed by atoms with E-state index in [-0.39, 0.29) is 32.2 Å². The standard InChI is InChI=1S/C15H20ClNO5/c1-11(15(20)21-2)9-17(7-8-18)14(19)10-22-13-5-3-12(16)4-6-13/h3-6,11,18H,7-10H2,1-2H3. The second kappa shape index (κ2) is 9.27. The first-order valence-corrected chi connectivity index (χ1v) is 7.20. The number of aliphatic hydroxyl groups is 1.